The maximum Gasteiger partial charge on any atom is 0.137 e. The van der Waals surface area contributed by atoms with Crippen LogP contribution in [0.3, 0.4) is 0 Å². The Morgan fingerprint density at radius 2 is 0.951 bits per heavy atom. The number of hydrogen-bond acceptors (Lipinski definition) is 4. The summed E-state index contributed by atoms with van der Waals surface area (Å²) in [6, 6.07) is 102. The van der Waals surface area contributed by atoms with E-state index in [0.29, 0.717) is 6.67 Å². The van der Waals surface area contributed by atoms with Gasteiger partial charge >= 0.3 is 0 Å². The van der Waals surface area contributed by atoms with Gasteiger partial charge in [-0.2, -0.15) is 0 Å². The number of nitrogens with zero attached hydrogens (tertiary/aromatic N) is 4. The fraction of sp³-hybridized carbons (Fsp3) is 0.0779. The predicted molar refractivity (Wildman–Crippen MR) is 339 cm³/mol. The van der Waals surface area contributed by atoms with Crippen molar-refractivity contribution in [2.24, 2.45) is 0 Å². The smallest absolute Gasteiger partial charge is 0.137 e. The summed E-state index contributed by atoms with van der Waals surface area (Å²) in [5, 5.41) is 2.31. The van der Waals surface area contributed by atoms with Crippen molar-refractivity contribution in [3.8, 4) is 61.8 Å². The molecule has 0 N–H and O–H groups in total. The molecule has 0 saturated carbocycles. The lowest BCUT2D eigenvalue weighted by atomic mass is 9.66. The van der Waals surface area contributed by atoms with Gasteiger partial charge in [-0.3, -0.25) is 4.57 Å². The van der Waals surface area contributed by atoms with Gasteiger partial charge in [0.1, 0.15) is 24.0 Å². The molecule has 392 valence electrons. The van der Waals surface area contributed by atoms with Crippen molar-refractivity contribution in [1.29, 1.82) is 0 Å². The standard InChI is InChI=1S/C77H58N4O/c1-76(2,3)56-44-45-78-74(48-56)81-69-37-21-18-34-63(69)64-43-41-59(50-72(64)81)82-73-49-58(40-42-60(73)52-24-8-4-9-25-52)79-51-80(71-39-23-22-38-70(71)79)75-65(53-26-10-5-11-27-53)46-57(47-66(75)54-28-12-6-13-29-54)77(55-30-14-7-15-31-55)67-35-19-16-32-61(67)62-33-17-20-36-68(62)77/h4-50H,51H2,1-3H3. The summed E-state index contributed by atoms with van der Waals surface area (Å²) in [6.07, 6.45) is 1.93. The van der Waals surface area contributed by atoms with Crippen LogP contribution in [0, 0.1) is 0 Å². The third-order valence-electron chi connectivity index (χ3n) is 17.0. The van der Waals surface area contributed by atoms with Gasteiger partial charge in [0.15, 0.2) is 0 Å². The van der Waals surface area contributed by atoms with Crippen LogP contribution >= 0.6 is 0 Å². The van der Waals surface area contributed by atoms with Crippen molar-refractivity contribution in [2.75, 3.05) is 16.5 Å². The Kier molecular flexibility index (Phi) is 11.6. The molecule has 0 unspecified atom stereocenters. The van der Waals surface area contributed by atoms with Gasteiger partial charge < -0.3 is 14.5 Å². The molecule has 82 heavy (non-hydrogen) atoms. The van der Waals surface area contributed by atoms with Crippen LogP contribution in [0.25, 0.3) is 72.1 Å². The van der Waals surface area contributed by atoms with Crippen LogP contribution in [0.4, 0.5) is 22.7 Å². The van der Waals surface area contributed by atoms with Crippen LogP contribution in [0.2, 0.25) is 0 Å². The molecule has 2 aliphatic rings. The summed E-state index contributed by atoms with van der Waals surface area (Å²) < 4.78 is 9.56. The number of hydrogen-bond donors (Lipinski definition) is 0. The van der Waals surface area contributed by atoms with E-state index < -0.39 is 5.41 Å². The van der Waals surface area contributed by atoms with Crippen LogP contribution in [0.1, 0.15) is 48.6 Å². The van der Waals surface area contributed by atoms with Crippen molar-refractivity contribution >= 4 is 44.6 Å². The highest BCUT2D eigenvalue weighted by Crippen LogP contribution is 2.59. The third-order valence-corrected chi connectivity index (χ3v) is 17.0. The predicted octanol–water partition coefficient (Wildman–Crippen LogP) is 19.9. The monoisotopic (exact) mass is 1050 g/mol. The molecule has 1 aliphatic heterocycles. The first-order valence-corrected chi connectivity index (χ1v) is 28.4. The first kappa shape index (κ1) is 48.9. The largest absolute Gasteiger partial charge is 0.457 e. The average Bonchev–Trinajstić information content (AvgIpc) is 2.64. The molecular weight excluding hydrogens is 997 g/mol. The van der Waals surface area contributed by atoms with Crippen molar-refractivity contribution < 1.29 is 4.74 Å². The summed E-state index contributed by atoms with van der Waals surface area (Å²) in [5.74, 6) is 2.38. The second kappa shape index (κ2) is 19.5. The third kappa shape index (κ3) is 7.95. The zero-order valence-corrected chi connectivity index (χ0v) is 46.0. The highest BCUT2D eigenvalue weighted by molar-refractivity contribution is 6.09. The van der Waals surface area contributed by atoms with Gasteiger partial charge in [0, 0.05) is 51.5 Å². The van der Waals surface area contributed by atoms with Gasteiger partial charge in [0.25, 0.3) is 0 Å². The normalized spacial score (nSPS) is 13.3. The molecular formula is C77H58N4O. The van der Waals surface area contributed by atoms with Crippen molar-refractivity contribution in [3.63, 3.8) is 0 Å². The molecule has 2 aromatic heterocycles. The molecule has 0 atom stereocenters. The zero-order chi connectivity index (χ0) is 54.9. The van der Waals surface area contributed by atoms with Gasteiger partial charge in [-0.1, -0.05) is 221 Å². The lowest BCUT2D eigenvalue weighted by Gasteiger charge is -2.36. The minimum atomic E-state index is -0.610. The molecule has 15 rings (SSSR count). The molecule has 0 bridgehead atoms. The number of fused-ring (bicyclic) bond motifs is 7. The van der Waals surface area contributed by atoms with Crippen LogP contribution in [-0.2, 0) is 10.8 Å². The Bertz CT molecular complexity index is 4460. The zero-order valence-electron chi connectivity index (χ0n) is 46.0. The number of para-hydroxylation sites is 3. The molecule has 0 fully saturated rings. The van der Waals surface area contributed by atoms with E-state index in [1.807, 2.05) is 6.20 Å². The molecule has 0 radical (unpaired) electrons. The topological polar surface area (TPSA) is 33.5 Å². The quantitative estimate of drug-likeness (QED) is 0.137. The second-order valence-corrected chi connectivity index (χ2v) is 22.7. The van der Waals surface area contributed by atoms with E-state index in [9.17, 15) is 0 Å². The molecule has 0 spiro atoms. The molecule has 11 aromatic carbocycles. The first-order valence-electron chi connectivity index (χ1n) is 28.4. The van der Waals surface area contributed by atoms with Crippen LogP contribution in [0.15, 0.2) is 285 Å². The molecule has 1 aliphatic carbocycles. The Balaban J connectivity index is 0.905. The Morgan fingerprint density at radius 1 is 0.415 bits per heavy atom. The first-order chi connectivity index (χ1) is 40.3. The van der Waals surface area contributed by atoms with Gasteiger partial charge in [0.05, 0.1) is 33.5 Å². The van der Waals surface area contributed by atoms with E-state index in [4.69, 9.17) is 9.72 Å². The van der Waals surface area contributed by atoms with Gasteiger partial charge in [-0.25, -0.2) is 4.98 Å². The summed E-state index contributed by atoms with van der Waals surface area (Å²) in [5.41, 5.74) is 21.3. The Hall–Kier alpha value is -10.2. The molecule has 5 nitrogen and oxygen atoms in total. The maximum atomic E-state index is 7.27. The van der Waals surface area contributed by atoms with Crippen LogP contribution in [-0.4, -0.2) is 16.2 Å². The highest BCUT2D eigenvalue weighted by atomic mass is 16.5. The van der Waals surface area contributed by atoms with E-state index in [-0.39, 0.29) is 5.41 Å². The Morgan fingerprint density at radius 3 is 1.59 bits per heavy atom. The van der Waals surface area contributed by atoms with Crippen molar-refractivity contribution in [2.45, 2.75) is 31.6 Å². The Labute approximate surface area is 479 Å². The molecule has 0 saturated heterocycles. The van der Waals surface area contributed by atoms with E-state index in [0.717, 1.165) is 89.9 Å². The number of anilines is 4. The van der Waals surface area contributed by atoms with Gasteiger partial charge in [0.2, 0.25) is 0 Å². The number of rotatable bonds is 10. The summed E-state index contributed by atoms with van der Waals surface area (Å²) in [4.78, 5) is 9.96. The number of pyridine rings is 1. The highest BCUT2D eigenvalue weighted by Gasteiger charge is 2.47. The lowest BCUT2D eigenvalue weighted by molar-refractivity contribution is 0.485. The average molecular weight is 1060 g/mol. The number of benzene rings is 11. The van der Waals surface area contributed by atoms with E-state index >= 15 is 0 Å². The van der Waals surface area contributed by atoms with Crippen molar-refractivity contribution in [3.05, 3.63) is 313 Å². The second-order valence-electron chi connectivity index (χ2n) is 22.7. The van der Waals surface area contributed by atoms with Crippen LogP contribution in [0.5, 0.6) is 11.5 Å². The van der Waals surface area contributed by atoms with E-state index in [2.05, 4.69) is 314 Å². The SMILES string of the molecule is CC(C)(C)c1ccnc(-n2c3ccccc3c3ccc(Oc4cc(N5CN(c6c(-c7ccccc7)cc(C7(c8ccccc8)c8ccccc8-c8ccccc87)cc6-c6ccccc6)c6ccccc65)ccc4-c4ccccc4)cc32)c1. The molecule has 3 heterocycles. The fourth-order valence-corrected chi connectivity index (χ4v) is 13.2. The number of aromatic nitrogens is 2. The van der Waals surface area contributed by atoms with E-state index in [1.165, 1.54) is 44.3 Å². The van der Waals surface area contributed by atoms with Gasteiger partial charge in [-0.05, 0) is 128 Å². The summed E-state index contributed by atoms with van der Waals surface area (Å²) in [7, 11) is 0. The maximum absolute atomic E-state index is 7.27. The summed E-state index contributed by atoms with van der Waals surface area (Å²) >= 11 is 0. The molecule has 0 amide bonds. The molecule has 5 heteroatoms. The summed E-state index contributed by atoms with van der Waals surface area (Å²) in [6.45, 7) is 7.29. The minimum Gasteiger partial charge on any atom is -0.457 e. The minimum absolute atomic E-state index is 0.0441. The number of ether oxygens (including phenoxy) is 1. The fourth-order valence-electron chi connectivity index (χ4n) is 13.2. The van der Waals surface area contributed by atoms with Crippen molar-refractivity contribution in [1.82, 2.24) is 9.55 Å². The lowest BCUT2D eigenvalue weighted by Crippen LogP contribution is -2.29. The molecule has 13 aromatic rings. The van der Waals surface area contributed by atoms with E-state index in [1.54, 1.807) is 0 Å². The van der Waals surface area contributed by atoms with Crippen LogP contribution < -0.4 is 14.5 Å². The van der Waals surface area contributed by atoms with Gasteiger partial charge in [-0.15, -0.1) is 0 Å².